The van der Waals surface area contributed by atoms with E-state index in [0.717, 1.165) is 29.9 Å². The van der Waals surface area contributed by atoms with Crippen LogP contribution >= 0.6 is 0 Å². The van der Waals surface area contributed by atoms with Crippen molar-refractivity contribution in [2.45, 2.75) is 32.6 Å². The summed E-state index contributed by atoms with van der Waals surface area (Å²) < 4.78 is 1.91. The minimum Gasteiger partial charge on any atom is -0.384 e. The second-order valence-corrected chi connectivity index (χ2v) is 5.89. The van der Waals surface area contributed by atoms with Crippen LogP contribution in [0.15, 0.2) is 37.1 Å². The second kappa shape index (κ2) is 6.07. The number of aromatic nitrogens is 3. The van der Waals surface area contributed by atoms with Gasteiger partial charge < -0.3 is 5.32 Å². The molecule has 2 aromatic rings. The molecule has 1 aliphatic carbocycles. The van der Waals surface area contributed by atoms with Gasteiger partial charge in [0.15, 0.2) is 0 Å². The van der Waals surface area contributed by atoms with Crippen LogP contribution in [0.1, 0.15) is 32.6 Å². The van der Waals surface area contributed by atoms with E-state index < -0.39 is 0 Å². The maximum absolute atomic E-state index is 4.46. The highest BCUT2D eigenvalue weighted by molar-refractivity contribution is 5.43. The summed E-state index contributed by atoms with van der Waals surface area (Å²) in [5.74, 6) is 2.60. The Hall–Kier alpha value is -1.84. The van der Waals surface area contributed by atoms with Gasteiger partial charge in [0, 0.05) is 18.9 Å². The molecular weight excluding hydrogens is 248 g/mol. The van der Waals surface area contributed by atoms with Gasteiger partial charge >= 0.3 is 0 Å². The zero-order valence-electron chi connectivity index (χ0n) is 12.0. The molecule has 1 saturated carbocycles. The van der Waals surface area contributed by atoms with Crippen LogP contribution in [0.5, 0.6) is 0 Å². The molecule has 0 spiro atoms. The van der Waals surface area contributed by atoms with Crippen molar-refractivity contribution in [2.75, 3.05) is 11.9 Å². The number of nitrogens with one attached hydrogen (secondary N) is 1. The topological polar surface area (TPSA) is 42.7 Å². The Labute approximate surface area is 120 Å². The third-order valence-electron chi connectivity index (χ3n) is 4.16. The van der Waals surface area contributed by atoms with Crippen LogP contribution in [-0.4, -0.2) is 21.1 Å². The minimum atomic E-state index is 0.812. The van der Waals surface area contributed by atoms with Crippen molar-refractivity contribution in [3.8, 4) is 5.82 Å². The first-order valence-electron chi connectivity index (χ1n) is 7.49. The standard InChI is InChI=1S/C16H22N4/c1-13-3-2-4-14(9-13)10-18-15-5-6-16(19-11-15)20-8-7-17-12-20/h5-8,11-14,18H,2-4,9-10H2,1H3. The average Bonchev–Trinajstić information content (AvgIpc) is 3.00. The highest BCUT2D eigenvalue weighted by Gasteiger charge is 2.18. The van der Waals surface area contributed by atoms with Crippen molar-refractivity contribution in [3.05, 3.63) is 37.1 Å². The lowest BCUT2D eigenvalue weighted by molar-refractivity contribution is 0.293. The number of hydrogen-bond donors (Lipinski definition) is 1. The Morgan fingerprint density at radius 3 is 3.00 bits per heavy atom. The number of rotatable bonds is 4. The Bertz CT molecular complexity index is 518. The van der Waals surface area contributed by atoms with Crippen LogP contribution < -0.4 is 5.32 Å². The number of imidazole rings is 1. The predicted octanol–water partition coefficient (Wildman–Crippen LogP) is 3.51. The van der Waals surface area contributed by atoms with E-state index in [-0.39, 0.29) is 0 Å². The van der Waals surface area contributed by atoms with E-state index in [1.54, 1.807) is 12.5 Å². The number of anilines is 1. The Kier molecular flexibility index (Phi) is 4.00. The van der Waals surface area contributed by atoms with Crippen molar-refractivity contribution < 1.29 is 0 Å². The molecule has 2 aromatic heterocycles. The first kappa shape index (κ1) is 13.2. The van der Waals surface area contributed by atoms with E-state index in [4.69, 9.17) is 0 Å². The molecule has 3 rings (SSSR count). The summed E-state index contributed by atoms with van der Waals surface area (Å²) in [6.07, 6.45) is 12.8. The molecule has 0 amide bonds. The average molecular weight is 270 g/mol. The molecule has 106 valence electrons. The third kappa shape index (κ3) is 3.18. The molecule has 0 bridgehead atoms. The van der Waals surface area contributed by atoms with Gasteiger partial charge in [-0.1, -0.05) is 19.8 Å². The molecule has 4 nitrogen and oxygen atoms in total. The molecule has 1 aliphatic rings. The van der Waals surface area contributed by atoms with E-state index >= 15 is 0 Å². The molecule has 0 aromatic carbocycles. The van der Waals surface area contributed by atoms with Gasteiger partial charge in [0.2, 0.25) is 0 Å². The lowest BCUT2D eigenvalue weighted by Crippen LogP contribution is -2.21. The van der Waals surface area contributed by atoms with Crippen LogP contribution in [0.3, 0.4) is 0 Å². The van der Waals surface area contributed by atoms with Crippen LogP contribution in [0, 0.1) is 11.8 Å². The number of hydrogen-bond acceptors (Lipinski definition) is 3. The number of nitrogens with zero attached hydrogens (tertiary/aromatic N) is 3. The van der Waals surface area contributed by atoms with E-state index in [9.17, 15) is 0 Å². The van der Waals surface area contributed by atoms with E-state index in [1.165, 1.54) is 25.7 Å². The van der Waals surface area contributed by atoms with E-state index in [0.29, 0.717) is 0 Å². The summed E-state index contributed by atoms with van der Waals surface area (Å²) in [6, 6.07) is 4.11. The minimum absolute atomic E-state index is 0.812. The molecule has 0 radical (unpaired) electrons. The quantitative estimate of drug-likeness (QED) is 0.924. The Morgan fingerprint density at radius 2 is 2.30 bits per heavy atom. The molecule has 4 heteroatoms. The molecule has 2 heterocycles. The van der Waals surface area contributed by atoms with Crippen molar-refractivity contribution in [3.63, 3.8) is 0 Å². The summed E-state index contributed by atoms with van der Waals surface area (Å²) in [4.78, 5) is 8.49. The Balaban J connectivity index is 1.56. The highest BCUT2D eigenvalue weighted by Crippen LogP contribution is 2.28. The highest BCUT2D eigenvalue weighted by atomic mass is 15.1. The van der Waals surface area contributed by atoms with Crippen LogP contribution in [0.2, 0.25) is 0 Å². The summed E-state index contributed by atoms with van der Waals surface area (Å²) >= 11 is 0. The smallest absolute Gasteiger partial charge is 0.137 e. The van der Waals surface area contributed by atoms with Crippen LogP contribution in [0.4, 0.5) is 5.69 Å². The number of pyridine rings is 1. The van der Waals surface area contributed by atoms with Crippen LogP contribution in [-0.2, 0) is 0 Å². The van der Waals surface area contributed by atoms with Gasteiger partial charge in [0.25, 0.3) is 0 Å². The largest absolute Gasteiger partial charge is 0.384 e. The van der Waals surface area contributed by atoms with E-state index in [1.807, 2.05) is 23.0 Å². The zero-order chi connectivity index (χ0) is 13.8. The molecule has 0 aliphatic heterocycles. The van der Waals surface area contributed by atoms with Crippen molar-refractivity contribution in [2.24, 2.45) is 11.8 Å². The van der Waals surface area contributed by atoms with Gasteiger partial charge in [-0.25, -0.2) is 9.97 Å². The first-order valence-corrected chi connectivity index (χ1v) is 7.49. The summed E-state index contributed by atoms with van der Waals surface area (Å²) in [6.45, 7) is 3.43. The fourth-order valence-electron chi connectivity index (χ4n) is 3.05. The Morgan fingerprint density at radius 1 is 1.35 bits per heavy atom. The molecular formula is C16H22N4. The fraction of sp³-hybridized carbons (Fsp3) is 0.500. The zero-order valence-corrected chi connectivity index (χ0v) is 12.0. The fourth-order valence-corrected chi connectivity index (χ4v) is 3.05. The third-order valence-corrected chi connectivity index (χ3v) is 4.16. The van der Waals surface area contributed by atoms with Crippen molar-refractivity contribution in [1.82, 2.24) is 14.5 Å². The molecule has 1 N–H and O–H groups in total. The lowest BCUT2D eigenvalue weighted by Gasteiger charge is -2.27. The first-order chi connectivity index (χ1) is 9.81. The van der Waals surface area contributed by atoms with E-state index in [2.05, 4.69) is 28.3 Å². The van der Waals surface area contributed by atoms with Crippen LogP contribution in [0.25, 0.3) is 5.82 Å². The second-order valence-electron chi connectivity index (χ2n) is 5.89. The van der Waals surface area contributed by atoms with Crippen molar-refractivity contribution >= 4 is 5.69 Å². The summed E-state index contributed by atoms with van der Waals surface area (Å²) in [5.41, 5.74) is 1.10. The summed E-state index contributed by atoms with van der Waals surface area (Å²) in [5, 5.41) is 3.52. The van der Waals surface area contributed by atoms with Crippen molar-refractivity contribution in [1.29, 1.82) is 0 Å². The molecule has 0 saturated heterocycles. The normalized spacial score (nSPS) is 22.6. The predicted molar refractivity (Wildman–Crippen MR) is 81.0 cm³/mol. The lowest BCUT2D eigenvalue weighted by atomic mass is 9.82. The van der Waals surface area contributed by atoms with Gasteiger partial charge in [-0.3, -0.25) is 4.57 Å². The SMILES string of the molecule is CC1CCCC(CNc2ccc(-n3ccnc3)nc2)C1. The maximum Gasteiger partial charge on any atom is 0.137 e. The molecule has 20 heavy (non-hydrogen) atoms. The monoisotopic (exact) mass is 270 g/mol. The maximum atomic E-state index is 4.46. The molecule has 2 unspecified atom stereocenters. The van der Waals surface area contributed by atoms with Gasteiger partial charge in [-0.15, -0.1) is 0 Å². The molecule has 2 atom stereocenters. The van der Waals surface area contributed by atoms with Gasteiger partial charge in [-0.2, -0.15) is 0 Å². The van der Waals surface area contributed by atoms with Gasteiger partial charge in [-0.05, 0) is 36.8 Å². The molecule has 1 fully saturated rings. The van der Waals surface area contributed by atoms with Gasteiger partial charge in [0.1, 0.15) is 12.1 Å². The van der Waals surface area contributed by atoms with Gasteiger partial charge in [0.05, 0.1) is 11.9 Å². The summed E-state index contributed by atoms with van der Waals surface area (Å²) in [7, 11) is 0.